The monoisotopic (exact) mass is 754 g/mol. The number of hydrogen-bond acceptors (Lipinski definition) is 11. The van der Waals surface area contributed by atoms with Crippen molar-refractivity contribution >= 4 is 84.4 Å². The van der Waals surface area contributed by atoms with Gasteiger partial charge in [0.1, 0.15) is 31.1 Å². The van der Waals surface area contributed by atoms with Crippen LogP contribution >= 0.6 is 38.6 Å². The molecular weight excluding hydrogens is 727 g/mol. The van der Waals surface area contributed by atoms with Crippen LogP contribution < -0.4 is 16.0 Å². The van der Waals surface area contributed by atoms with Crippen LogP contribution in [0.5, 0.6) is 5.75 Å². The van der Waals surface area contributed by atoms with Gasteiger partial charge in [0.05, 0.1) is 5.56 Å². The first kappa shape index (κ1) is 36.3. The summed E-state index contributed by atoms with van der Waals surface area (Å²) >= 11 is 5.12. The topological polar surface area (TPSA) is 196 Å². The zero-order valence-electron chi connectivity index (χ0n) is 26.1. The van der Waals surface area contributed by atoms with Crippen LogP contribution in [0.3, 0.4) is 0 Å². The number of phenols is 1. The van der Waals surface area contributed by atoms with Crippen molar-refractivity contribution in [2.45, 2.75) is 34.6 Å². The van der Waals surface area contributed by atoms with Crippen LogP contribution in [0, 0.1) is 34.6 Å². The Labute approximate surface area is 289 Å². The molecule has 0 amide bonds. The van der Waals surface area contributed by atoms with Gasteiger partial charge in [0.15, 0.2) is 0 Å². The van der Waals surface area contributed by atoms with E-state index < -0.39 is 24.7 Å². The summed E-state index contributed by atoms with van der Waals surface area (Å²) in [5.74, 6) is -2.02. The lowest BCUT2D eigenvalue weighted by Gasteiger charge is -2.08. The molecule has 0 atom stereocenters. The van der Waals surface area contributed by atoms with Gasteiger partial charge in [0.2, 0.25) is 0 Å². The number of aromatic hydroxyl groups is 1. The zero-order chi connectivity index (χ0) is 35.6. The van der Waals surface area contributed by atoms with Crippen LogP contribution in [0.2, 0.25) is 0 Å². The molecule has 0 fully saturated rings. The lowest BCUT2D eigenvalue weighted by molar-refractivity contribution is 0.0691. The van der Waals surface area contributed by atoms with Crippen molar-refractivity contribution in [2.75, 3.05) is 0 Å². The molecule has 0 bridgehead atoms. The molecule has 4 heterocycles. The maximum absolute atomic E-state index is 12.2. The maximum atomic E-state index is 12.2. The number of hydrogen-bond donors (Lipinski definition) is 5. The fraction of sp³-hybridized carbons (Fsp3) is 0.152. The van der Waals surface area contributed by atoms with Gasteiger partial charge >= 0.3 is 30.3 Å². The Morgan fingerprint density at radius 1 is 0.708 bits per heavy atom. The fourth-order valence-corrected chi connectivity index (χ4v) is 6.50. The Balaban J connectivity index is 0.000000174. The number of rotatable bonds is 4. The summed E-state index contributed by atoms with van der Waals surface area (Å²) in [6.45, 7) is 9.51. The van der Waals surface area contributed by atoms with E-state index >= 15 is 0 Å². The molecule has 2 aromatic carbocycles. The van der Waals surface area contributed by atoms with E-state index in [0.717, 1.165) is 44.6 Å². The molecule has 0 unspecified atom stereocenters. The molecule has 48 heavy (non-hydrogen) atoms. The fourth-order valence-electron chi connectivity index (χ4n) is 4.56. The highest BCUT2D eigenvalue weighted by Crippen LogP contribution is 2.34. The number of aromatic carboxylic acids is 2. The van der Waals surface area contributed by atoms with Crippen molar-refractivity contribution in [2.24, 2.45) is 0 Å². The van der Waals surface area contributed by atoms with E-state index in [1.54, 1.807) is 26.0 Å². The van der Waals surface area contributed by atoms with E-state index in [-0.39, 0.29) is 25.9 Å². The molecule has 0 radical (unpaired) electrons. The molecule has 4 aromatic heterocycles. The number of thiophene rings is 2. The largest absolute Gasteiger partial charge is 0.508 e. The number of aryl methyl sites for hydroxylation is 5. The van der Waals surface area contributed by atoms with E-state index in [1.165, 1.54) is 29.8 Å². The van der Waals surface area contributed by atoms with E-state index in [1.807, 2.05) is 32.9 Å². The Bertz CT molecular complexity index is 2320. The second-order valence-electron chi connectivity index (χ2n) is 10.6. The number of carboxylic acid groups (broad SMARTS) is 2. The van der Waals surface area contributed by atoms with Crippen LogP contribution in [-0.4, -0.2) is 44.4 Å². The average Bonchev–Trinajstić information content (AvgIpc) is 3.71. The first-order chi connectivity index (χ1) is 22.5. The molecular formula is C33H28BBrO11S2. The third kappa shape index (κ3) is 7.77. The highest BCUT2D eigenvalue weighted by Gasteiger charge is 2.18. The van der Waals surface area contributed by atoms with Crippen molar-refractivity contribution in [3.8, 4) is 16.2 Å². The maximum Gasteiger partial charge on any atom is 0.499 e. The number of carbonyl (C=O) groups is 2. The smallest absolute Gasteiger partial charge is 0.499 e. The van der Waals surface area contributed by atoms with Gasteiger partial charge in [-0.1, -0.05) is 6.07 Å². The summed E-state index contributed by atoms with van der Waals surface area (Å²) in [5, 5.41) is 46.0. The lowest BCUT2D eigenvalue weighted by Crippen LogP contribution is -2.26. The third-order valence-electron chi connectivity index (χ3n) is 7.35. The predicted molar refractivity (Wildman–Crippen MR) is 189 cm³/mol. The first-order valence-electron chi connectivity index (χ1n) is 14.0. The summed E-state index contributed by atoms with van der Waals surface area (Å²) in [5.41, 5.74) is 5.10. The lowest BCUT2D eigenvalue weighted by atomic mass is 9.90. The van der Waals surface area contributed by atoms with Gasteiger partial charge in [-0.15, -0.1) is 22.7 Å². The quantitative estimate of drug-likeness (QED) is 0.102. The van der Waals surface area contributed by atoms with Crippen molar-refractivity contribution in [1.29, 1.82) is 0 Å². The van der Waals surface area contributed by atoms with Crippen LogP contribution in [0.1, 0.15) is 47.2 Å². The van der Waals surface area contributed by atoms with Gasteiger partial charge in [0.25, 0.3) is 0 Å². The van der Waals surface area contributed by atoms with Crippen molar-refractivity contribution in [3.63, 3.8) is 0 Å². The number of carboxylic acids is 2. The van der Waals surface area contributed by atoms with Crippen molar-refractivity contribution < 1.29 is 43.8 Å². The first-order valence-corrected chi connectivity index (χ1v) is 16.4. The van der Waals surface area contributed by atoms with E-state index in [2.05, 4.69) is 15.9 Å². The third-order valence-corrected chi connectivity index (χ3v) is 10.5. The van der Waals surface area contributed by atoms with E-state index in [0.29, 0.717) is 37.2 Å². The minimum absolute atomic E-state index is 0.0621. The molecule has 6 rings (SSSR count). The van der Waals surface area contributed by atoms with Crippen LogP contribution in [0.4, 0.5) is 0 Å². The van der Waals surface area contributed by atoms with Crippen LogP contribution in [0.25, 0.3) is 32.4 Å². The van der Waals surface area contributed by atoms with Gasteiger partial charge < -0.3 is 34.2 Å². The summed E-state index contributed by atoms with van der Waals surface area (Å²) in [4.78, 5) is 45.8. The summed E-state index contributed by atoms with van der Waals surface area (Å²) in [6, 6.07) is 12.9. The molecule has 0 spiro atoms. The van der Waals surface area contributed by atoms with Crippen molar-refractivity contribution in [1.82, 2.24) is 0 Å². The normalized spacial score (nSPS) is 10.7. The average molecular weight is 755 g/mol. The molecule has 15 heteroatoms. The minimum atomic E-state index is -1.58. The van der Waals surface area contributed by atoms with Crippen LogP contribution in [-0.2, 0) is 0 Å². The summed E-state index contributed by atoms with van der Waals surface area (Å²) < 4.78 is 11.2. The summed E-state index contributed by atoms with van der Waals surface area (Å²) in [7, 11) is -1.58. The van der Waals surface area contributed by atoms with Gasteiger partial charge in [-0.05, 0) is 115 Å². The predicted octanol–water partition coefficient (Wildman–Crippen LogP) is 6.15. The molecule has 0 aliphatic carbocycles. The Morgan fingerprint density at radius 2 is 1.23 bits per heavy atom. The second-order valence-corrected chi connectivity index (χ2v) is 13.6. The van der Waals surface area contributed by atoms with E-state index in [4.69, 9.17) is 29.1 Å². The number of phenolic OH excluding ortho intramolecular Hbond substituents is 1. The Hall–Kier alpha value is -4.54. The number of halogens is 1. The molecule has 5 N–H and O–H groups in total. The molecule has 0 aliphatic heterocycles. The molecule has 6 aromatic rings. The second kappa shape index (κ2) is 14.7. The van der Waals surface area contributed by atoms with Crippen molar-refractivity contribution in [3.05, 3.63) is 111 Å². The number of benzene rings is 2. The zero-order valence-corrected chi connectivity index (χ0v) is 29.3. The molecule has 248 valence electrons. The Morgan fingerprint density at radius 3 is 1.79 bits per heavy atom. The molecule has 0 saturated heterocycles. The highest BCUT2D eigenvalue weighted by molar-refractivity contribution is 9.10. The van der Waals surface area contributed by atoms with Gasteiger partial charge in [-0.2, -0.15) is 0 Å². The molecule has 0 aliphatic rings. The van der Waals surface area contributed by atoms with Gasteiger partial charge in [0, 0.05) is 26.5 Å². The number of fused-ring (bicyclic) bond motifs is 2. The van der Waals surface area contributed by atoms with Crippen LogP contribution in [0.15, 0.2) is 71.4 Å². The Kier molecular flexibility index (Phi) is 11.1. The van der Waals surface area contributed by atoms with E-state index in [9.17, 15) is 24.3 Å². The molecule has 11 nitrogen and oxygen atoms in total. The minimum Gasteiger partial charge on any atom is -0.508 e. The summed E-state index contributed by atoms with van der Waals surface area (Å²) in [6.07, 6.45) is 0. The SMILES string of the molecule is Cc1cc2c(C)c(-c3ccc(C(=O)O)s3)c(=O)oc2cc1O.Cc1cc2oc(=O)c(Br)c(C)c2cc1C.O=C(O)c1ccc(B(O)O)s1. The molecule has 0 saturated carbocycles. The standard InChI is InChI=1S/C16H12O5S.C12H11BrO2.C5H5BO4S/c1-7-5-9-8(2)14(12-3-4-13(22-12)15(18)19)16(20)21-11(9)6-10(7)17;1-6-4-9-8(3)11(13)12(14)15-10(9)5-7(6)2;7-5(8)3-1-2-4(11-3)6(9)10/h3-6,17H,1-2H3,(H,18,19);4-5H,1-3H3;1-2,9-10H,(H,7,8). The van der Waals surface area contributed by atoms with Gasteiger partial charge in [-0.3, -0.25) is 0 Å². The van der Waals surface area contributed by atoms with Gasteiger partial charge in [-0.25, -0.2) is 19.2 Å². The highest BCUT2D eigenvalue weighted by atomic mass is 79.9.